The van der Waals surface area contributed by atoms with Crippen LogP contribution < -0.4 is 16.0 Å². The Morgan fingerprint density at radius 3 is 2.69 bits per heavy atom. The van der Waals surface area contributed by atoms with Crippen LogP contribution >= 0.6 is 0 Å². The number of carbonyl (C=O) groups excluding carboxylic acids is 3. The highest BCUT2D eigenvalue weighted by atomic mass is 16.2. The van der Waals surface area contributed by atoms with E-state index >= 15 is 0 Å². The molecule has 0 saturated carbocycles. The van der Waals surface area contributed by atoms with Crippen molar-refractivity contribution in [3.05, 3.63) is 54.1 Å². The second-order valence-electron chi connectivity index (χ2n) is 5.92. The summed E-state index contributed by atoms with van der Waals surface area (Å²) in [5.74, 6) is -0.987. The molecule has 8 nitrogen and oxygen atoms in total. The number of aromatic nitrogens is 2. The van der Waals surface area contributed by atoms with Crippen LogP contribution in [0.1, 0.15) is 16.8 Å². The number of anilines is 2. The van der Waals surface area contributed by atoms with Crippen LogP contribution in [0.3, 0.4) is 0 Å². The first-order chi connectivity index (χ1) is 12.6. The summed E-state index contributed by atoms with van der Waals surface area (Å²) in [6.07, 6.45) is -0.206. The Balaban J connectivity index is 1.47. The van der Waals surface area contributed by atoms with Gasteiger partial charge in [-0.2, -0.15) is 0 Å². The predicted molar refractivity (Wildman–Crippen MR) is 95.7 cm³/mol. The smallest absolute Gasteiger partial charge is 0.254 e. The number of H-pyrrole nitrogens is 1. The molecular weight excluding hydrogens is 334 g/mol. The largest absolute Gasteiger partial charge is 0.340 e. The van der Waals surface area contributed by atoms with Crippen molar-refractivity contribution < 1.29 is 14.4 Å². The van der Waals surface area contributed by atoms with E-state index in [2.05, 4.69) is 25.9 Å². The maximum atomic E-state index is 12.3. The van der Waals surface area contributed by atoms with E-state index in [1.54, 1.807) is 24.3 Å². The Kier molecular flexibility index (Phi) is 3.85. The zero-order valence-corrected chi connectivity index (χ0v) is 13.6. The minimum atomic E-state index is -0.973. The second kappa shape index (κ2) is 6.32. The molecule has 1 aromatic heterocycles. The highest BCUT2D eigenvalue weighted by molar-refractivity contribution is 6.11. The number of hydrogen-bond donors (Lipinski definition) is 4. The molecule has 130 valence electrons. The molecule has 1 atom stereocenters. The van der Waals surface area contributed by atoms with Crippen molar-refractivity contribution in [2.45, 2.75) is 12.5 Å². The number of carbonyl (C=O) groups is 3. The van der Waals surface area contributed by atoms with Crippen molar-refractivity contribution in [3.8, 4) is 0 Å². The van der Waals surface area contributed by atoms with E-state index in [-0.39, 0.29) is 6.42 Å². The highest BCUT2D eigenvalue weighted by Gasteiger charge is 2.29. The summed E-state index contributed by atoms with van der Waals surface area (Å²) >= 11 is 0. The van der Waals surface area contributed by atoms with Gasteiger partial charge in [0, 0.05) is 0 Å². The predicted octanol–water partition coefficient (Wildman–Crippen LogP) is 1.64. The molecule has 1 aliphatic heterocycles. The van der Waals surface area contributed by atoms with E-state index in [4.69, 9.17) is 0 Å². The number of benzene rings is 2. The first kappa shape index (κ1) is 15.8. The molecule has 2 aromatic carbocycles. The van der Waals surface area contributed by atoms with Crippen LogP contribution in [0.2, 0.25) is 0 Å². The lowest BCUT2D eigenvalue weighted by atomic mass is 10.1. The zero-order chi connectivity index (χ0) is 18.1. The molecule has 0 aliphatic carbocycles. The van der Waals surface area contributed by atoms with Gasteiger partial charge < -0.3 is 15.6 Å². The van der Waals surface area contributed by atoms with Gasteiger partial charge in [0.1, 0.15) is 6.04 Å². The van der Waals surface area contributed by atoms with Gasteiger partial charge >= 0.3 is 0 Å². The van der Waals surface area contributed by atoms with Crippen molar-refractivity contribution in [2.75, 3.05) is 10.6 Å². The van der Waals surface area contributed by atoms with Crippen LogP contribution in [-0.4, -0.2) is 33.7 Å². The average molecular weight is 349 g/mol. The molecule has 8 heteroatoms. The van der Waals surface area contributed by atoms with Crippen LogP contribution in [0.5, 0.6) is 0 Å². The van der Waals surface area contributed by atoms with E-state index < -0.39 is 23.8 Å². The third kappa shape index (κ3) is 3.00. The zero-order valence-electron chi connectivity index (χ0n) is 13.6. The van der Waals surface area contributed by atoms with E-state index in [1.807, 2.05) is 24.3 Å². The molecule has 26 heavy (non-hydrogen) atoms. The topological polar surface area (TPSA) is 116 Å². The van der Waals surface area contributed by atoms with Crippen LogP contribution in [0.25, 0.3) is 11.0 Å². The molecule has 3 aromatic rings. The highest BCUT2D eigenvalue weighted by Crippen LogP contribution is 2.19. The minimum Gasteiger partial charge on any atom is -0.340 e. The number of fused-ring (bicyclic) bond motifs is 2. The summed E-state index contributed by atoms with van der Waals surface area (Å²) in [4.78, 5) is 44.1. The van der Waals surface area contributed by atoms with Crippen LogP contribution in [0.15, 0.2) is 48.5 Å². The molecule has 2 heterocycles. The van der Waals surface area contributed by atoms with Gasteiger partial charge in [0.05, 0.1) is 28.7 Å². The lowest BCUT2D eigenvalue weighted by Gasteiger charge is -2.13. The first-order valence-corrected chi connectivity index (χ1v) is 8.05. The second-order valence-corrected chi connectivity index (χ2v) is 5.92. The van der Waals surface area contributed by atoms with Gasteiger partial charge in [-0.05, 0) is 24.3 Å². The molecule has 0 saturated heterocycles. The summed E-state index contributed by atoms with van der Waals surface area (Å²) in [6.45, 7) is 0. The molecule has 4 N–H and O–H groups in total. The maximum absolute atomic E-state index is 12.3. The lowest BCUT2D eigenvalue weighted by Crippen LogP contribution is -2.43. The van der Waals surface area contributed by atoms with Gasteiger partial charge in [-0.3, -0.25) is 19.7 Å². The fourth-order valence-corrected chi connectivity index (χ4v) is 2.84. The maximum Gasteiger partial charge on any atom is 0.254 e. The molecule has 0 radical (unpaired) electrons. The molecule has 0 bridgehead atoms. The lowest BCUT2D eigenvalue weighted by molar-refractivity contribution is -0.122. The first-order valence-electron chi connectivity index (χ1n) is 8.05. The Morgan fingerprint density at radius 2 is 1.85 bits per heavy atom. The number of rotatable bonds is 3. The quantitative estimate of drug-likeness (QED) is 0.575. The number of hydrogen-bond acceptors (Lipinski definition) is 4. The van der Waals surface area contributed by atoms with E-state index in [0.29, 0.717) is 17.2 Å². The Labute approximate surface area is 148 Å². The minimum absolute atomic E-state index is 0.206. The van der Waals surface area contributed by atoms with Crippen LogP contribution in [-0.2, 0) is 9.59 Å². The number of nitrogens with one attached hydrogen (secondary N) is 4. The van der Waals surface area contributed by atoms with Crippen molar-refractivity contribution in [1.82, 2.24) is 15.3 Å². The molecule has 4 rings (SSSR count). The Hall–Kier alpha value is -3.68. The van der Waals surface area contributed by atoms with Gasteiger partial charge in [-0.15, -0.1) is 0 Å². The van der Waals surface area contributed by atoms with E-state index in [1.165, 1.54) is 0 Å². The summed E-state index contributed by atoms with van der Waals surface area (Å²) in [5, 5.41) is 7.87. The van der Waals surface area contributed by atoms with Gasteiger partial charge in [-0.1, -0.05) is 24.3 Å². The number of imidazole rings is 1. The fraction of sp³-hybridized carbons (Fsp3) is 0.111. The van der Waals surface area contributed by atoms with Gasteiger partial charge in [-0.25, -0.2) is 4.98 Å². The molecule has 1 aliphatic rings. The van der Waals surface area contributed by atoms with Crippen molar-refractivity contribution in [2.24, 2.45) is 0 Å². The Bertz CT molecular complexity index is 993. The van der Waals surface area contributed by atoms with Crippen molar-refractivity contribution in [1.29, 1.82) is 0 Å². The summed E-state index contributed by atoms with van der Waals surface area (Å²) in [5.41, 5.74) is 2.30. The molecule has 0 spiro atoms. The molecule has 3 amide bonds. The van der Waals surface area contributed by atoms with Crippen molar-refractivity contribution in [3.63, 3.8) is 0 Å². The standard InChI is InChI=1S/C18H15N5O3/c24-15(23-18-21-12-7-3-4-8-13(12)22-18)9-14-17(26)19-11-6-2-1-5-10(11)16(25)20-14/h1-8,14H,9H2,(H,19,26)(H,20,25)(H2,21,22,23,24). The van der Waals surface area contributed by atoms with E-state index in [0.717, 1.165) is 11.0 Å². The number of nitrogens with zero attached hydrogens (tertiary/aromatic N) is 1. The normalized spacial score (nSPS) is 16.4. The third-order valence-electron chi connectivity index (χ3n) is 4.09. The average Bonchev–Trinajstić information content (AvgIpc) is 2.98. The summed E-state index contributed by atoms with van der Waals surface area (Å²) < 4.78 is 0. The van der Waals surface area contributed by atoms with E-state index in [9.17, 15) is 14.4 Å². The SMILES string of the molecule is O=C(CC1NC(=O)c2ccccc2NC1=O)Nc1nc2ccccc2[nH]1. The number of amides is 3. The Morgan fingerprint density at radius 1 is 1.08 bits per heavy atom. The molecule has 1 unspecified atom stereocenters. The monoisotopic (exact) mass is 349 g/mol. The van der Waals surface area contributed by atoms with Crippen LogP contribution in [0, 0.1) is 0 Å². The summed E-state index contributed by atoms with van der Waals surface area (Å²) in [7, 11) is 0. The van der Waals surface area contributed by atoms with Gasteiger partial charge in [0.15, 0.2) is 0 Å². The molecule has 0 fully saturated rings. The van der Waals surface area contributed by atoms with Crippen LogP contribution in [0.4, 0.5) is 11.6 Å². The number of aromatic amines is 1. The van der Waals surface area contributed by atoms with Gasteiger partial charge in [0.2, 0.25) is 17.8 Å². The van der Waals surface area contributed by atoms with Gasteiger partial charge in [0.25, 0.3) is 5.91 Å². The molecular formula is C18H15N5O3. The van der Waals surface area contributed by atoms with Crippen molar-refractivity contribution >= 4 is 40.4 Å². The third-order valence-corrected chi connectivity index (χ3v) is 4.09. The summed E-state index contributed by atoms with van der Waals surface area (Å²) in [6, 6.07) is 13.1. The fourth-order valence-electron chi connectivity index (χ4n) is 2.84. The number of para-hydroxylation sites is 3.